The van der Waals surface area contributed by atoms with Crippen molar-refractivity contribution < 1.29 is 9.53 Å². The molecule has 3 heterocycles. The molecule has 1 saturated heterocycles. The zero-order valence-corrected chi connectivity index (χ0v) is 22.6. The number of carbonyl (C=O) groups excluding carboxylic acids is 1. The predicted octanol–water partition coefficient (Wildman–Crippen LogP) is 4.38. The molecule has 4 aromatic rings. The summed E-state index contributed by atoms with van der Waals surface area (Å²) >= 11 is 0. The first-order valence-electron chi connectivity index (χ1n) is 13.8. The van der Waals surface area contributed by atoms with Gasteiger partial charge in [-0.15, -0.1) is 0 Å². The molecule has 2 aromatic heterocycles. The first-order chi connectivity index (χ1) is 19.0. The number of rotatable bonds is 10. The second-order valence-corrected chi connectivity index (χ2v) is 10.5. The van der Waals surface area contributed by atoms with E-state index in [4.69, 9.17) is 16.2 Å². The molecular formula is C31H38N6O2. The number of hydrogen-bond donors (Lipinski definition) is 2. The zero-order chi connectivity index (χ0) is 27.2. The molecule has 0 bridgehead atoms. The molecule has 5 rings (SSSR count). The van der Waals surface area contributed by atoms with Gasteiger partial charge in [0.1, 0.15) is 0 Å². The molecule has 1 aliphatic heterocycles. The number of likely N-dealkylation sites (tertiary alicyclic amines) is 1. The number of ether oxygens (including phenoxy) is 1. The number of aromatic nitrogens is 3. The molecule has 8 heteroatoms. The molecule has 8 nitrogen and oxygen atoms in total. The molecule has 0 spiro atoms. The molecule has 1 fully saturated rings. The Morgan fingerprint density at radius 3 is 2.64 bits per heavy atom. The topological polar surface area (TPSA) is 112 Å². The molecule has 0 aliphatic carbocycles. The van der Waals surface area contributed by atoms with Gasteiger partial charge in [0.05, 0.1) is 0 Å². The predicted molar refractivity (Wildman–Crippen MR) is 155 cm³/mol. The van der Waals surface area contributed by atoms with Crippen molar-refractivity contribution in [2.24, 2.45) is 5.73 Å². The number of anilines is 1. The van der Waals surface area contributed by atoms with Gasteiger partial charge in [0.2, 0.25) is 11.9 Å². The second-order valence-electron chi connectivity index (χ2n) is 10.5. The van der Waals surface area contributed by atoms with Crippen molar-refractivity contribution in [1.82, 2.24) is 19.4 Å². The van der Waals surface area contributed by atoms with Crippen molar-refractivity contribution in [2.75, 3.05) is 32.5 Å². The summed E-state index contributed by atoms with van der Waals surface area (Å²) in [4.78, 5) is 23.4. The molecular weight excluding hydrogens is 488 g/mol. The Bertz CT molecular complexity index is 1380. The van der Waals surface area contributed by atoms with Crippen molar-refractivity contribution in [3.63, 3.8) is 0 Å². The fourth-order valence-electron chi connectivity index (χ4n) is 5.68. The van der Waals surface area contributed by atoms with E-state index in [0.717, 1.165) is 62.2 Å². The van der Waals surface area contributed by atoms with E-state index >= 15 is 0 Å². The zero-order valence-electron chi connectivity index (χ0n) is 22.6. The summed E-state index contributed by atoms with van der Waals surface area (Å²) in [5.41, 5.74) is 17.7. The lowest BCUT2D eigenvalue weighted by atomic mass is 9.93. The molecule has 2 aromatic carbocycles. The molecule has 2 atom stereocenters. The third-order valence-electron chi connectivity index (χ3n) is 7.66. The number of nitrogens with zero attached hydrogens (tertiary/aromatic N) is 4. The smallest absolute Gasteiger partial charge is 0.224 e. The van der Waals surface area contributed by atoms with Crippen LogP contribution in [-0.2, 0) is 22.5 Å². The van der Waals surface area contributed by atoms with Gasteiger partial charge < -0.3 is 25.7 Å². The number of benzene rings is 2. The number of nitrogens with two attached hydrogens (primary N) is 2. The van der Waals surface area contributed by atoms with Crippen molar-refractivity contribution in [2.45, 2.75) is 50.6 Å². The summed E-state index contributed by atoms with van der Waals surface area (Å²) in [6.07, 6.45) is 7.47. The molecule has 204 valence electrons. The fourth-order valence-corrected chi connectivity index (χ4v) is 5.68. The number of methoxy groups -OCH3 is 1. The van der Waals surface area contributed by atoms with Crippen LogP contribution in [0, 0.1) is 0 Å². The van der Waals surface area contributed by atoms with Crippen LogP contribution in [0.25, 0.3) is 22.0 Å². The van der Waals surface area contributed by atoms with Crippen molar-refractivity contribution in [3.8, 4) is 11.1 Å². The highest BCUT2D eigenvalue weighted by molar-refractivity contribution is 5.82. The minimum Gasteiger partial charge on any atom is -0.385 e. The number of fused-ring (bicyclic) bond motifs is 1. The van der Waals surface area contributed by atoms with Crippen LogP contribution in [0.1, 0.15) is 42.9 Å². The summed E-state index contributed by atoms with van der Waals surface area (Å²) in [6.45, 7) is 3.18. The number of para-hydroxylation sites is 1. The van der Waals surface area contributed by atoms with Crippen LogP contribution in [0.3, 0.4) is 0 Å². The highest BCUT2D eigenvalue weighted by Gasteiger charge is 2.28. The Hall–Kier alpha value is -3.75. The Labute approximate surface area is 230 Å². The van der Waals surface area contributed by atoms with Crippen molar-refractivity contribution in [3.05, 3.63) is 78.2 Å². The number of carbonyl (C=O) groups is 1. The highest BCUT2D eigenvalue weighted by atomic mass is 16.5. The second kappa shape index (κ2) is 12.4. The number of piperidine rings is 1. The standard InChI is InChI=1S/C31H38N6O2/c1-39-15-5-14-37-28-8-3-2-6-24(28)17-29(37)25-7-4-13-36(21-25)30(38)18-27(32)16-22-9-11-23(12-10-22)26-19-34-31(33)35-20-26/h2-3,6,8-12,17,19-20,25,27H,4-5,7,13-16,18,21,32H2,1H3,(H2,33,34,35). The summed E-state index contributed by atoms with van der Waals surface area (Å²) < 4.78 is 7.74. The summed E-state index contributed by atoms with van der Waals surface area (Å²) in [7, 11) is 1.75. The van der Waals surface area contributed by atoms with E-state index in [2.05, 4.69) is 57.0 Å². The van der Waals surface area contributed by atoms with E-state index in [1.807, 2.05) is 17.0 Å². The third-order valence-corrected chi connectivity index (χ3v) is 7.66. The van der Waals surface area contributed by atoms with Gasteiger partial charge in [0.25, 0.3) is 0 Å². The number of aryl methyl sites for hydroxylation is 1. The van der Waals surface area contributed by atoms with E-state index in [1.165, 1.54) is 16.6 Å². The highest BCUT2D eigenvalue weighted by Crippen LogP contribution is 2.32. The summed E-state index contributed by atoms with van der Waals surface area (Å²) in [5.74, 6) is 0.721. The van der Waals surface area contributed by atoms with Crippen molar-refractivity contribution in [1.29, 1.82) is 0 Å². The van der Waals surface area contributed by atoms with Crippen LogP contribution in [-0.4, -0.2) is 58.2 Å². The molecule has 4 N–H and O–H groups in total. The SMILES string of the molecule is COCCCn1c(C2CCCN(C(=O)CC(N)Cc3ccc(-c4cnc(N)nc4)cc3)C2)cc2ccccc21. The van der Waals surface area contributed by atoms with E-state index in [9.17, 15) is 4.79 Å². The average molecular weight is 527 g/mol. The van der Waals surface area contributed by atoms with Crippen molar-refractivity contribution >= 4 is 22.8 Å². The molecule has 2 unspecified atom stereocenters. The number of amides is 1. The third kappa shape index (κ3) is 6.46. The van der Waals surface area contributed by atoms with Gasteiger partial charge in [0.15, 0.2) is 0 Å². The Balaban J connectivity index is 1.21. The maximum Gasteiger partial charge on any atom is 0.224 e. The van der Waals surface area contributed by atoms with E-state index in [0.29, 0.717) is 18.8 Å². The maximum absolute atomic E-state index is 13.3. The Kier molecular flexibility index (Phi) is 8.54. The first-order valence-corrected chi connectivity index (χ1v) is 13.8. The van der Waals surface area contributed by atoms with E-state index in [-0.39, 0.29) is 17.9 Å². The van der Waals surface area contributed by atoms with Gasteiger partial charge in [-0.25, -0.2) is 9.97 Å². The largest absolute Gasteiger partial charge is 0.385 e. The van der Waals surface area contributed by atoms with Gasteiger partial charge >= 0.3 is 0 Å². The molecule has 0 radical (unpaired) electrons. The van der Waals surface area contributed by atoms with Gasteiger partial charge in [-0.2, -0.15) is 0 Å². The molecule has 1 aliphatic rings. The monoisotopic (exact) mass is 526 g/mol. The van der Waals surface area contributed by atoms with Crippen LogP contribution >= 0.6 is 0 Å². The van der Waals surface area contributed by atoms with Gasteiger partial charge in [-0.05, 0) is 54.3 Å². The average Bonchev–Trinajstić information content (AvgIpc) is 3.33. The van der Waals surface area contributed by atoms with Crippen LogP contribution in [0.4, 0.5) is 5.95 Å². The van der Waals surface area contributed by atoms with E-state index < -0.39 is 0 Å². The Morgan fingerprint density at radius 1 is 1.10 bits per heavy atom. The quantitative estimate of drug-likeness (QED) is 0.297. The summed E-state index contributed by atoms with van der Waals surface area (Å²) in [5, 5.41) is 1.25. The fraction of sp³-hybridized carbons (Fsp3) is 0.387. The molecule has 1 amide bonds. The lowest BCUT2D eigenvalue weighted by Crippen LogP contribution is -2.42. The maximum atomic E-state index is 13.3. The Morgan fingerprint density at radius 2 is 1.87 bits per heavy atom. The first kappa shape index (κ1) is 26.8. The van der Waals surface area contributed by atoms with Crippen LogP contribution in [0.5, 0.6) is 0 Å². The minimum absolute atomic E-state index is 0.143. The van der Waals surface area contributed by atoms with Crippen LogP contribution in [0.2, 0.25) is 0 Å². The van der Waals surface area contributed by atoms with Gasteiger partial charge in [-0.3, -0.25) is 4.79 Å². The summed E-state index contributed by atoms with van der Waals surface area (Å²) in [6, 6.07) is 18.8. The van der Waals surface area contributed by atoms with Gasteiger partial charge in [0, 0.05) is 80.9 Å². The van der Waals surface area contributed by atoms with Gasteiger partial charge in [-0.1, -0.05) is 42.5 Å². The van der Waals surface area contributed by atoms with Crippen LogP contribution < -0.4 is 11.5 Å². The molecule has 0 saturated carbocycles. The van der Waals surface area contributed by atoms with Crippen LogP contribution in [0.15, 0.2) is 67.0 Å². The lowest BCUT2D eigenvalue weighted by molar-refractivity contribution is -0.132. The number of nitrogen functional groups attached to an aromatic ring is 1. The van der Waals surface area contributed by atoms with E-state index in [1.54, 1.807) is 19.5 Å². The minimum atomic E-state index is -0.232. The lowest BCUT2D eigenvalue weighted by Gasteiger charge is -2.34. The number of hydrogen-bond acceptors (Lipinski definition) is 6. The molecule has 39 heavy (non-hydrogen) atoms. The normalized spacial score (nSPS) is 16.5.